The summed E-state index contributed by atoms with van der Waals surface area (Å²) in [6, 6.07) is 0.490. The molecule has 2 aliphatic heterocycles. The number of nitrogens with one attached hydrogen (secondary N) is 1. The van der Waals surface area contributed by atoms with Crippen LogP contribution >= 0.6 is 0 Å². The number of piperidine rings is 1. The fourth-order valence-electron chi connectivity index (χ4n) is 2.71. The first-order valence-electron chi connectivity index (χ1n) is 6.34. The summed E-state index contributed by atoms with van der Waals surface area (Å²) in [6.07, 6.45) is 5.27. The number of nitrogens with zero attached hydrogens (tertiary/aromatic N) is 1. The molecular formula is C13H22N2O. The standard InChI is InChI=1S/C13H22N2O/c1-10-4-3-7-15(9-10)13(16)12-5-6-14-11(2)8-12/h4,11-12,14H,3,5-9H2,1-2H3. The van der Waals surface area contributed by atoms with Gasteiger partial charge in [-0.25, -0.2) is 0 Å². The molecule has 2 atom stereocenters. The predicted octanol–water partition coefficient (Wildman–Crippen LogP) is 1.55. The van der Waals surface area contributed by atoms with Gasteiger partial charge < -0.3 is 10.2 Å². The van der Waals surface area contributed by atoms with E-state index in [1.807, 2.05) is 4.90 Å². The first-order chi connectivity index (χ1) is 7.66. The maximum atomic E-state index is 12.3. The van der Waals surface area contributed by atoms with Crippen molar-refractivity contribution in [3.63, 3.8) is 0 Å². The van der Waals surface area contributed by atoms with Crippen LogP contribution in [0.25, 0.3) is 0 Å². The summed E-state index contributed by atoms with van der Waals surface area (Å²) in [6.45, 7) is 7.02. The molecule has 1 fully saturated rings. The molecule has 1 N–H and O–H groups in total. The van der Waals surface area contributed by atoms with Crippen LogP contribution < -0.4 is 5.32 Å². The molecule has 2 unspecified atom stereocenters. The zero-order valence-corrected chi connectivity index (χ0v) is 10.3. The second-order valence-electron chi connectivity index (χ2n) is 5.18. The van der Waals surface area contributed by atoms with Crippen LogP contribution in [0.5, 0.6) is 0 Å². The molecule has 2 rings (SSSR count). The maximum absolute atomic E-state index is 12.3. The van der Waals surface area contributed by atoms with Crippen molar-refractivity contribution < 1.29 is 4.79 Å². The van der Waals surface area contributed by atoms with Gasteiger partial charge in [-0.15, -0.1) is 0 Å². The molecule has 16 heavy (non-hydrogen) atoms. The van der Waals surface area contributed by atoms with Crippen LogP contribution in [0.15, 0.2) is 11.6 Å². The van der Waals surface area contributed by atoms with E-state index in [0.717, 1.165) is 38.9 Å². The summed E-state index contributed by atoms with van der Waals surface area (Å²) < 4.78 is 0. The minimum absolute atomic E-state index is 0.252. The van der Waals surface area contributed by atoms with Crippen molar-refractivity contribution in [2.75, 3.05) is 19.6 Å². The van der Waals surface area contributed by atoms with E-state index < -0.39 is 0 Å². The molecule has 1 amide bonds. The highest BCUT2D eigenvalue weighted by Crippen LogP contribution is 2.21. The zero-order valence-electron chi connectivity index (χ0n) is 10.3. The van der Waals surface area contributed by atoms with Crippen molar-refractivity contribution in [1.82, 2.24) is 10.2 Å². The SMILES string of the molecule is CC1=CCCN(C(=O)C2CCNC(C)C2)C1. The Morgan fingerprint density at radius 1 is 1.56 bits per heavy atom. The lowest BCUT2D eigenvalue weighted by Crippen LogP contribution is -2.45. The van der Waals surface area contributed by atoms with Gasteiger partial charge in [0.2, 0.25) is 5.91 Å². The van der Waals surface area contributed by atoms with Gasteiger partial charge in [-0.05, 0) is 39.7 Å². The van der Waals surface area contributed by atoms with Crippen LogP contribution in [0.2, 0.25) is 0 Å². The van der Waals surface area contributed by atoms with Crippen LogP contribution in [-0.2, 0) is 4.79 Å². The Labute approximate surface area is 97.9 Å². The highest BCUT2D eigenvalue weighted by Gasteiger charge is 2.28. The van der Waals surface area contributed by atoms with Gasteiger partial charge in [0.1, 0.15) is 0 Å². The third-order valence-electron chi connectivity index (χ3n) is 3.62. The van der Waals surface area contributed by atoms with E-state index in [-0.39, 0.29) is 5.92 Å². The number of amides is 1. The van der Waals surface area contributed by atoms with Gasteiger partial charge in [0.15, 0.2) is 0 Å². The molecule has 0 saturated carbocycles. The first kappa shape index (κ1) is 11.6. The molecule has 3 nitrogen and oxygen atoms in total. The summed E-state index contributed by atoms with van der Waals surface area (Å²) in [7, 11) is 0. The molecule has 2 heterocycles. The molecule has 90 valence electrons. The molecule has 2 aliphatic rings. The van der Waals surface area contributed by atoms with Gasteiger partial charge >= 0.3 is 0 Å². The van der Waals surface area contributed by atoms with Gasteiger partial charge in [-0.1, -0.05) is 11.6 Å². The number of carbonyl (C=O) groups is 1. The fourth-order valence-corrected chi connectivity index (χ4v) is 2.71. The molecule has 0 aromatic rings. The summed E-state index contributed by atoms with van der Waals surface area (Å²) >= 11 is 0. The Morgan fingerprint density at radius 2 is 2.38 bits per heavy atom. The lowest BCUT2D eigenvalue weighted by Gasteiger charge is -2.33. The van der Waals surface area contributed by atoms with Crippen molar-refractivity contribution in [3.05, 3.63) is 11.6 Å². The van der Waals surface area contributed by atoms with Gasteiger partial charge in [0.05, 0.1) is 0 Å². The Balaban J connectivity index is 1.94. The number of carbonyl (C=O) groups excluding carboxylic acids is 1. The van der Waals surface area contributed by atoms with Crippen LogP contribution in [-0.4, -0.2) is 36.5 Å². The van der Waals surface area contributed by atoms with Crippen LogP contribution in [0, 0.1) is 5.92 Å². The molecule has 0 aromatic heterocycles. The first-order valence-corrected chi connectivity index (χ1v) is 6.34. The minimum atomic E-state index is 0.252. The van der Waals surface area contributed by atoms with Crippen molar-refractivity contribution in [1.29, 1.82) is 0 Å². The van der Waals surface area contributed by atoms with Crippen LogP contribution in [0.1, 0.15) is 33.1 Å². The van der Waals surface area contributed by atoms with E-state index in [9.17, 15) is 4.79 Å². The van der Waals surface area contributed by atoms with Crippen molar-refractivity contribution in [3.8, 4) is 0 Å². The second-order valence-corrected chi connectivity index (χ2v) is 5.18. The van der Waals surface area contributed by atoms with Crippen LogP contribution in [0.4, 0.5) is 0 Å². The second kappa shape index (κ2) is 5.00. The molecule has 0 aromatic carbocycles. The largest absolute Gasteiger partial charge is 0.338 e. The Kier molecular flexibility index (Phi) is 3.64. The fraction of sp³-hybridized carbons (Fsp3) is 0.769. The summed E-state index contributed by atoms with van der Waals surface area (Å²) in [5.74, 6) is 0.628. The van der Waals surface area contributed by atoms with Gasteiger partial charge in [-0.3, -0.25) is 4.79 Å². The van der Waals surface area contributed by atoms with Crippen molar-refractivity contribution in [2.45, 2.75) is 39.2 Å². The lowest BCUT2D eigenvalue weighted by atomic mass is 9.91. The molecule has 0 radical (unpaired) electrons. The van der Waals surface area contributed by atoms with Crippen molar-refractivity contribution >= 4 is 5.91 Å². The van der Waals surface area contributed by atoms with Crippen LogP contribution in [0.3, 0.4) is 0 Å². The summed E-state index contributed by atoms with van der Waals surface area (Å²) in [5.41, 5.74) is 1.33. The minimum Gasteiger partial charge on any atom is -0.338 e. The smallest absolute Gasteiger partial charge is 0.226 e. The number of hydrogen-bond donors (Lipinski definition) is 1. The maximum Gasteiger partial charge on any atom is 0.226 e. The molecular weight excluding hydrogens is 200 g/mol. The third kappa shape index (κ3) is 2.64. The van der Waals surface area contributed by atoms with E-state index in [0.29, 0.717) is 11.9 Å². The van der Waals surface area contributed by atoms with Crippen molar-refractivity contribution in [2.24, 2.45) is 5.92 Å². The lowest BCUT2D eigenvalue weighted by molar-refractivity contribution is -0.136. The highest BCUT2D eigenvalue weighted by atomic mass is 16.2. The third-order valence-corrected chi connectivity index (χ3v) is 3.62. The van der Waals surface area contributed by atoms with E-state index in [4.69, 9.17) is 0 Å². The van der Waals surface area contributed by atoms with Gasteiger partial charge in [0, 0.05) is 25.0 Å². The molecule has 3 heteroatoms. The van der Waals surface area contributed by atoms with Gasteiger partial charge in [0.25, 0.3) is 0 Å². The Hall–Kier alpha value is -0.830. The quantitative estimate of drug-likeness (QED) is 0.683. The Bertz CT molecular complexity index is 298. The molecule has 1 saturated heterocycles. The average Bonchev–Trinajstić information content (AvgIpc) is 2.28. The highest BCUT2D eigenvalue weighted by molar-refractivity contribution is 5.79. The summed E-state index contributed by atoms with van der Waals surface area (Å²) in [4.78, 5) is 14.4. The summed E-state index contributed by atoms with van der Waals surface area (Å²) in [5, 5.41) is 3.40. The average molecular weight is 222 g/mol. The predicted molar refractivity (Wildman–Crippen MR) is 65.1 cm³/mol. The Morgan fingerprint density at radius 3 is 3.06 bits per heavy atom. The van der Waals surface area contributed by atoms with E-state index in [1.54, 1.807) is 0 Å². The number of rotatable bonds is 1. The topological polar surface area (TPSA) is 32.3 Å². The van der Waals surface area contributed by atoms with E-state index >= 15 is 0 Å². The van der Waals surface area contributed by atoms with E-state index in [1.165, 1.54) is 5.57 Å². The zero-order chi connectivity index (χ0) is 11.5. The molecule has 0 bridgehead atoms. The van der Waals surface area contributed by atoms with Gasteiger partial charge in [-0.2, -0.15) is 0 Å². The van der Waals surface area contributed by atoms with E-state index in [2.05, 4.69) is 25.2 Å². The molecule has 0 spiro atoms. The number of hydrogen-bond acceptors (Lipinski definition) is 2. The monoisotopic (exact) mass is 222 g/mol. The molecule has 0 aliphatic carbocycles. The normalized spacial score (nSPS) is 31.1.